The van der Waals surface area contributed by atoms with Gasteiger partial charge in [-0.25, -0.2) is 21.9 Å². The molecule has 4 nitrogen and oxygen atoms in total. The van der Waals surface area contributed by atoms with Crippen LogP contribution < -0.4 is 4.72 Å². The average Bonchev–Trinajstić information content (AvgIpc) is 2.44. The first-order chi connectivity index (χ1) is 11.3. The summed E-state index contributed by atoms with van der Waals surface area (Å²) in [5, 5.41) is 0. The van der Waals surface area contributed by atoms with Gasteiger partial charge in [0, 0.05) is 25.7 Å². The van der Waals surface area contributed by atoms with E-state index in [1.807, 2.05) is 0 Å². The lowest BCUT2D eigenvalue weighted by Crippen LogP contribution is -2.39. The first-order valence-corrected chi connectivity index (χ1v) is 9.92. The third kappa shape index (κ3) is 5.79. The number of unbranched alkanes of at least 4 members (excludes halogenated alkanes) is 1. The van der Waals surface area contributed by atoms with Gasteiger partial charge in [-0.15, -0.1) is 0 Å². The minimum absolute atomic E-state index is 0.263. The number of hydrogen-bond donors (Lipinski definition) is 1. The molecule has 136 valence electrons. The zero-order valence-electron chi connectivity index (χ0n) is 14.3. The molecule has 0 aliphatic carbocycles. The van der Waals surface area contributed by atoms with Gasteiger partial charge in [-0.2, -0.15) is 0 Å². The van der Waals surface area contributed by atoms with Crippen LogP contribution in [0.4, 0.5) is 8.78 Å². The predicted molar refractivity (Wildman–Crippen MR) is 90.2 cm³/mol. The van der Waals surface area contributed by atoms with Crippen molar-refractivity contribution in [2.45, 2.75) is 38.0 Å². The maximum atomic E-state index is 13.1. The van der Waals surface area contributed by atoms with Gasteiger partial charge < -0.3 is 4.90 Å². The van der Waals surface area contributed by atoms with E-state index < -0.39 is 21.7 Å². The Labute approximate surface area is 143 Å². The molecule has 2 rings (SSSR count). The summed E-state index contributed by atoms with van der Waals surface area (Å²) >= 11 is 0. The van der Waals surface area contributed by atoms with Crippen molar-refractivity contribution in [3.63, 3.8) is 0 Å². The van der Waals surface area contributed by atoms with Crippen LogP contribution in [0.15, 0.2) is 23.1 Å². The first-order valence-electron chi connectivity index (χ1n) is 8.44. The molecule has 1 aromatic rings. The molecule has 1 aliphatic heterocycles. The molecular weight excluding hydrogens is 334 g/mol. The summed E-state index contributed by atoms with van der Waals surface area (Å²) in [7, 11) is -3.87. The summed E-state index contributed by atoms with van der Waals surface area (Å²) in [6.07, 6.45) is 2.84. The Morgan fingerprint density at radius 1 is 1.08 bits per heavy atom. The molecule has 2 unspecified atom stereocenters. The molecule has 0 aromatic heterocycles. The number of nitrogens with one attached hydrogen (secondary N) is 1. The van der Waals surface area contributed by atoms with Crippen molar-refractivity contribution in [2.24, 2.45) is 11.8 Å². The Balaban J connectivity index is 1.75. The summed E-state index contributed by atoms with van der Waals surface area (Å²) in [5.74, 6) is -0.391. The minimum atomic E-state index is -3.87. The van der Waals surface area contributed by atoms with Gasteiger partial charge in [-0.1, -0.05) is 13.8 Å². The molecule has 0 amide bonds. The minimum Gasteiger partial charge on any atom is -0.303 e. The zero-order valence-corrected chi connectivity index (χ0v) is 15.1. The fourth-order valence-electron chi connectivity index (χ4n) is 3.41. The van der Waals surface area contributed by atoms with Gasteiger partial charge in [-0.3, -0.25) is 0 Å². The van der Waals surface area contributed by atoms with Gasteiger partial charge in [0.25, 0.3) is 0 Å². The number of likely N-dealkylation sites (tertiary alicyclic amines) is 1. The largest absolute Gasteiger partial charge is 0.303 e. The van der Waals surface area contributed by atoms with Gasteiger partial charge in [0.1, 0.15) is 11.6 Å². The molecule has 0 spiro atoms. The maximum absolute atomic E-state index is 13.1. The zero-order chi connectivity index (χ0) is 17.7. The number of nitrogens with zero attached hydrogens (tertiary/aromatic N) is 1. The fourth-order valence-corrected chi connectivity index (χ4v) is 4.52. The lowest BCUT2D eigenvalue weighted by atomic mass is 9.92. The molecular formula is C17H26F2N2O2S. The average molecular weight is 360 g/mol. The van der Waals surface area contributed by atoms with Crippen molar-refractivity contribution < 1.29 is 17.2 Å². The highest BCUT2D eigenvalue weighted by molar-refractivity contribution is 7.89. The van der Waals surface area contributed by atoms with E-state index in [4.69, 9.17) is 0 Å². The van der Waals surface area contributed by atoms with Crippen LogP contribution in [0.2, 0.25) is 0 Å². The molecule has 24 heavy (non-hydrogen) atoms. The summed E-state index contributed by atoms with van der Waals surface area (Å²) in [6.45, 7) is 7.92. The van der Waals surface area contributed by atoms with Crippen molar-refractivity contribution in [1.29, 1.82) is 0 Å². The van der Waals surface area contributed by atoms with Crippen molar-refractivity contribution in [2.75, 3.05) is 26.2 Å². The Morgan fingerprint density at radius 2 is 1.67 bits per heavy atom. The third-order valence-electron chi connectivity index (χ3n) is 4.28. The standard InChI is InChI=1S/C17H26F2N2O2S/c1-13-7-14(2)12-21(11-13)6-4-3-5-20-24(22,23)17-9-15(18)8-16(19)10-17/h8-10,13-14,20H,3-7,11-12H2,1-2H3. The van der Waals surface area contributed by atoms with Crippen LogP contribution in [0.3, 0.4) is 0 Å². The number of halogens is 2. The molecule has 1 aromatic carbocycles. The Morgan fingerprint density at radius 3 is 2.25 bits per heavy atom. The molecule has 2 atom stereocenters. The number of piperidine rings is 1. The van der Waals surface area contributed by atoms with Crippen molar-refractivity contribution in [3.8, 4) is 0 Å². The number of rotatable bonds is 7. The molecule has 1 aliphatic rings. The topological polar surface area (TPSA) is 49.4 Å². The Hall–Kier alpha value is -1.05. The number of sulfonamides is 1. The summed E-state index contributed by atoms with van der Waals surface area (Å²) < 4.78 is 52.7. The summed E-state index contributed by atoms with van der Waals surface area (Å²) in [5.41, 5.74) is 0. The van der Waals surface area contributed by atoms with Gasteiger partial charge >= 0.3 is 0 Å². The van der Waals surface area contributed by atoms with E-state index in [2.05, 4.69) is 23.5 Å². The van der Waals surface area contributed by atoms with Crippen molar-refractivity contribution in [1.82, 2.24) is 9.62 Å². The predicted octanol–water partition coefficient (Wildman–Crippen LogP) is 3.00. The smallest absolute Gasteiger partial charge is 0.240 e. The van der Waals surface area contributed by atoms with Crippen LogP contribution in [-0.4, -0.2) is 39.5 Å². The highest BCUT2D eigenvalue weighted by atomic mass is 32.2. The van der Waals surface area contributed by atoms with Crippen LogP contribution >= 0.6 is 0 Å². The van der Waals surface area contributed by atoms with Crippen LogP contribution in [0.5, 0.6) is 0 Å². The van der Waals surface area contributed by atoms with E-state index in [1.165, 1.54) is 6.42 Å². The van der Waals surface area contributed by atoms with Crippen LogP contribution in [-0.2, 0) is 10.0 Å². The molecule has 1 N–H and O–H groups in total. The highest BCUT2D eigenvalue weighted by Gasteiger charge is 2.21. The summed E-state index contributed by atoms with van der Waals surface area (Å²) in [6, 6.07) is 2.30. The lowest BCUT2D eigenvalue weighted by molar-refractivity contribution is 0.139. The second-order valence-electron chi connectivity index (χ2n) is 6.92. The molecule has 0 radical (unpaired) electrons. The van der Waals surface area contributed by atoms with Gasteiger partial charge in [0.2, 0.25) is 10.0 Å². The Bertz CT molecular complexity index is 622. The van der Waals surface area contributed by atoms with Crippen LogP contribution in [0.1, 0.15) is 33.1 Å². The maximum Gasteiger partial charge on any atom is 0.240 e. The van der Waals surface area contributed by atoms with Crippen LogP contribution in [0.25, 0.3) is 0 Å². The molecule has 1 heterocycles. The SMILES string of the molecule is CC1CC(C)CN(CCCCNS(=O)(=O)c2cc(F)cc(F)c2)C1. The number of benzene rings is 1. The molecule has 1 saturated heterocycles. The molecule has 1 fully saturated rings. The van der Waals surface area contributed by atoms with E-state index in [-0.39, 0.29) is 11.4 Å². The van der Waals surface area contributed by atoms with E-state index in [1.54, 1.807) is 0 Å². The normalized spacial score (nSPS) is 22.7. The molecule has 0 bridgehead atoms. The second-order valence-corrected chi connectivity index (χ2v) is 8.68. The summed E-state index contributed by atoms with van der Waals surface area (Å²) in [4.78, 5) is 2.05. The monoisotopic (exact) mass is 360 g/mol. The lowest BCUT2D eigenvalue weighted by Gasteiger charge is -2.34. The molecule has 0 saturated carbocycles. The van der Waals surface area contributed by atoms with E-state index in [0.717, 1.165) is 38.2 Å². The number of hydrogen-bond acceptors (Lipinski definition) is 3. The molecule has 7 heteroatoms. The second kappa shape index (κ2) is 8.36. The first kappa shape index (κ1) is 19.3. The van der Waals surface area contributed by atoms with Crippen LogP contribution in [0, 0.1) is 23.5 Å². The van der Waals surface area contributed by atoms with E-state index >= 15 is 0 Å². The van der Waals surface area contributed by atoms with E-state index in [9.17, 15) is 17.2 Å². The van der Waals surface area contributed by atoms with Gasteiger partial charge in [-0.05, 0) is 49.8 Å². The third-order valence-corrected chi connectivity index (χ3v) is 5.72. The Kier molecular flexibility index (Phi) is 6.71. The quantitative estimate of drug-likeness (QED) is 0.761. The van der Waals surface area contributed by atoms with E-state index in [0.29, 0.717) is 24.3 Å². The van der Waals surface area contributed by atoms with Crippen molar-refractivity contribution >= 4 is 10.0 Å². The highest BCUT2D eigenvalue weighted by Crippen LogP contribution is 2.21. The van der Waals surface area contributed by atoms with Gasteiger partial charge in [0.05, 0.1) is 4.90 Å². The fraction of sp³-hybridized carbons (Fsp3) is 0.647. The van der Waals surface area contributed by atoms with Crippen molar-refractivity contribution in [3.05, 3.63) is 29.8 Å². The van der Waals surface area contributed by atoms with Gasteiger partial charge in [0.15, 0.2) is 0 Å².